The highest BCUT2D eigenvalue weighted by molar-refractivity contribution is 5.82. The summed E-state index contributed by atoms with van der Waals surface area (Å²) in [5.74, 6) is 0.176. The second-order valence-electron chi connectivity index (χ2n) is 4.84. The minimum Gasteiger partial charge on any atom is -0.310 e. The van der Waals surface area contributed by atoms with Gasteiger partial charge >= 0.3 is 6.10 Å². The van der Waals surface area contributed by atoms with Gasteiger partial charge in [-0.25, -0.2) is 0 Å². The molecule has 1 aliphatic carbocycles. The summed E-state index contributed by atoms with van der Waals surface area (Å²) in [4.78, 5) is 11.5. The maximum absolute atomic E-state index is 11.5. The number of hydrogen-bond acceptors (Lipinski definition) is 6. The molecule has 1 fully saturated rings. The van der Waals surface area contributed by atoms with E-state index in [4.69, 9.17) is 14.2 Å². The Bertz CT molecular complexity index is 342. The number of ether oxygens (including phenoxy) is 3. The predicted octanol–water partition coefficient (Wildman–Crippen LogP) is 1.85. The van der Waals surface area contributed by atoms with E-state index < -0.39 is 11.8 Å². The molecule has 0 radical (unpaired) electrons. The van der Waals surface area contributed by atoms with E-state index in [1.165, 1.54) is 7.11 Å². The Morgan fingerprint density at radius 1 is 1.47 bits per heavy atom. The van der Waals surface area contributed by atoms with Crippen molar-refractivity contribution in [3.05, 3.63) is 0 Å². The molecule has 1 heterocycles. The van der Waals surface area contributed by atoms with E-state index in [0.29, 0.717) is 6.42 Å². The van der Waals surface area contributed by atoms with E-state index in [2.05, 4.69) is 10.2 Å². The number of rotatable bonds is 4. The monoisotopic (exact) mass is 242 g/mol. The zero-order valence-corrected chi connectivity index (χ0v) is 10.4. The number of azo groups is 1. The van der Waals surface area contributed by atoms with Gasteiger partial charge in [-0.15, -0.1) is 0 Å². The van der Waals surface area contributed by atoms with Gasteiger partial charge in [0.25, 0.3) is 0 Å². The summed E-state index contributed by atoms with van der Waals surface area (Å²) in [6, 6.07) is 0. The first-order valence-electron chi connectivity index (χ1n) is 5.82. The first-order chi connectivity index (χ1) is 7.96. The number of Topliss-reactive ketones (excluding diaryl/α,β-unsaturated/α-hetero) is 1. The molecule has 2 aliphatic rings. The average molecular weight is 242 g/mol. The third-order valence-electron chi connectivity index (χ3n) is 2.95. The summed E-state index contributed by atoms with van der Waals surface area (Å²) in [5, 5.41) is 7.80. The third-order valence-corrected chi connectivity index (χ3v) is 2.95. The van der Waals surface area contributed by atoms with Gasteiger partial charge in [0.2, 0.25) is 0 Å². The van der Waals surface area contributed by atoms with Gasteiger partial charge in [-0.3, -0.25) is 9.53 Å². The summed E-state index contributed by atoms with van der Waals surface area (Å²) in [6.45, 7) is 3.80. The Hall–Kier alpha value is -0.850. The van der Waals surface area contributed by atoms with Crippen LogP contribution in [0.25, 0.3) is 0 Å². The van der Waals surface area contributed by atoms with Crippen LogP contribution in [-0.4, -0.2) is 31.3 Å². The minimum absolute atomic E-state index is 0.0652. The van der Waals surface area contributed by atoms with E-state index in [0.717, 1.165) is 12.8 Å². The Labute approximate surface area is 100 Å². The van der Waals surface area contributed by atoms with E-state index >= 15 is 0 Å². The highest BCUT2D eigenvalue weighted by Gasteiger charge is 2.46. The van der Waals surface area contributed by atoms with E-state index in [9.17, 15) is 4.79 Å². The molecule has 0 spiro atoms. The molecule has 0 aromatic carbocycles. The average Bonchev–Trinajstić information content (AvgIpc) is 2.81. The van der Waals surface area contributed by atoms with Crippen molar-refractivity contribution in [1.82, 2.24) is 0 Å². The molecule has 2 rings (SSSR count). The Balaban J connectivity index is 1.93. The van der Waals surface area contributed by atoms with Gasteiger partial charge in [-0.2, -0.15) is 5.11 Å². The van der Waals surface area contributed by atoms with Crippen molar-refractivity contribution in [2.45, 2.75) is 44.9 Å². The van der Waals surface area contributed by atoms with Crippen LogP contribution in [0.2, 0.25) is 0 Å². The standard InChI is InChI=1S/C11H18N2O4/c1-10(2)12-13-11(15-3,17-10)16-7-8-5-4-6-9(8)14/h8H,4-7H2,1-3H3. The van der Waals surface area contributed by atoms with Crippen molar-refractivity contribution in [3.63, 3.8) is 0 Å². The molecule has 0 aromatic heterocycles. The zero-order valence-electron chi connectivity index (χ0n) is 10.4. The van der Waals surface area contributed by atoms with Gasteiger partial charge in [0, 0.05) is 19.4 Å². The van der Waals surface area contributed by atoms with Crippen molar-refractivity contribution in [2.24, 2.45) is 16.1 Å². The maximum atomic E-state index is 11.5. The molecule has 0 saturated heterocycles. The summed E-state index contributed by atoms with van der Waals surface area (Å²) in [6.07, 6.45) is 0.953. The lowest BCUT2D eigenvalue weighted by molar-refractivity contribution is -0.377. The predicted molar refractivity (Wildman–Crippen MR) is 58.1 cm³/mol. The van der Waals surface area contributed by atoms with Gasteiger partial charge in [-0.1, -0.05) is 5.11 Å². The van der Waals surface area contributed by atoms with Crippen LogP contribution in [0.15, 0.2) is 10.2 Å². The first kappa shape index (κ1) is 12.6. The van der Waals surface area contributed by atoms with Gasteiger partial charge in [-0.05, 0) is 26.7 Å². The first-order valence-corrected chi connectivity index (χ1v) is 5.82. The molecule has 1 saturated carbocycles. The van der Waals surface area contributed by atoms with E-state index in [-0.39, 0.29) is 18.3 Å². The molecule has 2 unspecified atom stereocenters. The largest absolute Gasteiger partial charge is 0.414 e. The summed E-state index contributed by atoms with van der Waals surface area (Å²) in [5.41, 5.74) is -0.754. The molecule has 96 valence electrons. The van der Waals surface area contributed by atoms with E-state index in [1.807, 2.05) is 0 Å². The smallest absolute Gasteiger partial charge is 0.310 e. The van der Waals surface area contributed by atoms with Gasteiger partial charge in [0.15, 0.2) is 5.72 Å². The molecule has 0 bridgehead atoms. The fourth-order valence-electron chi connectivity index (χ4n) is 2.01. The molecule has 1 aliphatic heterocycles. The Morgan fingerprint density at radius 3 is 2.71 bits per heavy atom. The highest BCUT2D eigenvalue weighted by Crippen LogP contribution is 2.34. The van der Waals surface area contributed by atoms with Crippen LogP contribution >= 0.6 is 0 Å². The van der Waals surface area contributed by atoms with Crippen molar-refractivity contribution < 1.29 is 19.0 Å². The lowest BCUT2D eigenvalue weighted by Crippen LogP contribution is -2.39. The van der Waals surface area contributed by atoms with Crippen LogP contribution < -0.4 is 0 Å². The van der Waals surface area contributed by atoms with E-state index in [1.54, 1.807) is 13.8 Å². The van der Waals surface area contributed by atoms with Crippen LogP contribution in [0.1, 0.15) is 33.1 Å². The number of hydrogen-bond donors (Lipinski definition) is 0. The second kappa shape index (κ2) is 4.44. The lowest BCUT2D eigenvalue weighted by atomic mass is 10.1. The topological polar surface area (TPSA) is 69.5 Å². The van der Waals surface area contributed by atoms with Gasteiger partial charge < -0.3 is 9.47 Å². The Morgan fingerprint density at radius 2 is 2.24 bits per heavy atom. The fourth-order valence-corrected chi connectivity index (χ4v) is 2.01. The number of nitrogens with zero attached hydrogens (tertiary/aromatic N) is 2. The van der Waals surface area contributed by atoms with Crippen LogP contribution in [0.4, 0.5) is 0 Å². The normalized spacial score (nSPS) is 35.7. The fraction of sp³-hybridized carbons (Fsp3) is 0.909. The van der Waals surface area contributed by atoms with Crippen LogP contribution in [0.3, 0.4) is 0 Å². The summed E-state index contributed by atoms with van der Waals surface area (Å²) < 4.78 is 16.1. The molecule has 6 heteroatoms. The number of methoxy groups -OCH3 is 1. The van der Waals surface area contributed by atoms with Crippen molar-refractivity contribution in [3.8, 4) is 0 Å². The molecular weight excluding hydrogens is 224 g/mol. The van der Waals surface area contributed by atoms with Gasteiger partial charge in [0.05, 0.1) is 6.61 Å². The minimum atomic E-state index is -1.48. The molecule has 0 aromatic rings. The van der Waals surface area contributed by atoms with Crippen molar-refractivity contribution >= 4 is 5.78 Å². The summed E-state index contributed by atoms with van der Waals surface area (Å²) in [7, 11) is 1.44. The van der Waals surface area contributed by atoms with Crippen LogP contribution in [0.5, 0.6) is 0 Å². The number of ketones is 1. The Kier molecular flexibility index (Phi) is 3.29. The lowest BCUT2D eigenvalue weighted by Gasteiger charge is -2.26. The van der Waals surface area contributed by atoms with Crippen LogP contribution in [0, 0.1) is 5.92 Å². The maximum Gasteiger partial charge on any atom is 0.414 e. The SMILES string of the molecule is COC1(OCC2CCCC2=O)N=NC(C)(C)O1. The number of carbonyl (C=O) groups excluding carboxylic acids is 1. The highest BCUT2D eigenvalue weighted by atomic mass is 16.9. The number of carbonyl (C=O) groups is 1. The van der Waals surface area contributed by atoms with Gasteiger partial charge in [0.1, 0.15) is 5.78 Å². The van der Waals surface area contributed by atoms with Crippen molar-refractivity contribution in [1.29, 1.82) is 0 Å². The molecule has 2 atom stereocenters. The second-order valence-corrected chi connectivity index (χ2v) is 4.84. The molecule has 0 N–H and O–H groups in total. The van der Waals surface area contributed by atoms with Crippen molar-refractivity contribution in [2.75, 3.05) is 13.7 Å². The quantitative estimate of drug-likeness (QED) is 0.705. The molecule has 17 heavy (non-hydrogen) atoms. The third kappa shape index (κ3) is 2.70. The molecule has 6 nitrogen and oxygen atoms in total. The molecular formula is C11H18N2O4. The zero-order chi connectivity index (χ0) is 12.5. The summed E-state index contributed by atoms with van der Waals surface area (Å²) >= 11 is 0. The molecule has 0 amide bonds. The van der Waals surface area contributed by atoms with Crippen LogP contribution in [-0.2, 0) is 19.0 Å².